The van der Waals surface area contributed by atoms with Gasteiger partial charge in [0.15, 0.2) is 0 Å². The number of nitrogens with zero attached hydrogens (tertiary/aromatic N) is 1. The van der Waals surface area contributed by atoms with Crippen molar-refractivity contribution in [3.8, 4) is 0 Å². The molecule has 0 bridgehead atoms. The minimum atomic E-state index is -1.80. The summed E-state index contributed by atoms with van der Waals surface area (Å²) in [5.41, 5.74) is -0.728. The van der Waals surface area contributed by atoms with Gasteiger partial charge in [-0.1, -0.05) is 0 Å². The van der Waals surface area contributed by atoms with Gasteiger partial charge >= 0.3 is 5.97 Å². The Morgan fingerprint density at radius 1 is 1.64 bits per heavy atom. The first kappa shape index (κ1) is 9.61. The largest absolute Gasteiger partial charge is 0.479 e. The molecule has 2 rings (SSSR count). The summed E-state index contributed by atoms with van der Waals surface area (Å²) >= 11 is 3.25. The number of hydrogen-bond donors (Lipinski definition) is 2. The average molecular weight is 258 g/mol. The molecule has 14 heavy (non-hydrogen) atoms. The molecule has 0 amide bonds. The van der Waals surface area contributed by atoms with Crippen molar-refractivity contribution in [2.45, 2.75) is 18.4 Å². The van der Waals surface area contributed by atoms with Crippen molar-refractivity contribution in [1.29, 1.82) is 0 Å². The normalized spacial score (nSPS) is 24.7. The standard InChI is InChI=1S/C9H8BrNO3/c10-6-3-5-1-2-9(14,8(12)13)7(5)11-4-6/h3-4,14H,1-2H2,(H,12,13)/t9-/m1/s1. The number of fused-ring (bicyclic) bond motifs is 1. The average Bonchev–Trinajstić information content (AvgIpc) is 2.45. The fourth-order valence-electron chi connectivity index (χ4n) is 1.69. The summed E-state index contributed by atoms with van der Waals surface area (Å²) in [4.78, 5) is 14.8. The number of hydrogen-bond acceptors (Lipinski definition) is 3. The van der Waals surface area contributed by atoms with Crippen molar-refractivity contribution >= 4 is 21.9 Å². The van der Waals surface area contributed by atoms with Gasteiger partial charge in [-0.2, -0.15) is 0 Å². The zero-order chi connectivity index (χ0) is 10.3. The molecule has 0 spiro atoms. The monoisotopic (exact) mass is 257 g/mol. The minimum absolute atomic E-state index is 0.196. The summed E-state index contributed by atoms with van der Waals surface area (Å²) < 4.78 is 0.797. The van der Waals surface area contributed by atoms with Crippen LogP contribution in [-0.2, 0) is 16.8 Å². The molecule has 0 saturated heterocycles. The Labute approximate surface area is 88.7 Å². The number of rotatable bonds is 1. The molecule has 5 heteroatoms. The number of aromatic nitrogens is 1. The molecule has 0 unspecified atom stereocenters. The molecule has 1 aromatic heterocycles. The van der Waals surface area contributed by atoms with Crippen molar-refractivity contribution in [2.75, 3.05) is 0 Å². The highest BCUT2D eigenvalue weighted by molar-refractivity contribution is 9.10. The third-order valence-electron chi connectivity index (χ3n) is 2.43. The first-order valence-electron chi connectivity index (χ1n) is 4.15. The maximum atomic E-state index is 10.9. The van der Waals surface area contributed by atoms with E-state index in [0.717, 1.165) is 10.0 Å². The lowest BCUT2D eigenvalue weighted by atomic mass is 10.0. The summed E-state index contributed by atoms with van der Waals surface area (Å²) in [5, 5.41) is 18.7. The molecule has 2 N–H and O–H groups in total. The van der Waals surface area contributed by atoms with E-state index in [1.165, 1.54) is 6.20 Å². The van der Waals surface area contributed by atoms with Crippen molar-refractivity contribution in [1.82, 2.24) is 4.98 Å². The Morgan fingerprint density at radius 3 is 3.00 bits per heavy atom. The van der Waals surface area contributed by atoms with Crippen LogP contribution in [0.3, 0.4) is 0 Å². The van der Waals surface area contributed by atoms with E-state index in [4.69, 9.17) is 5.11 Å². The SMILES string of the molecule is O=C(O)[C@@]1(O)CCc2cc(Br)cnc21. The summed E-state index contributed by atoms with van der Waals surface area (Å²) in [6, 6.07) is 1.79. The summed E-state index contributed by atoms with van der Waals surface area (Å²) in [7, 11) is 0. The van der Waals surface area contributed by atoms with E-state index < -0.39 is 11.6 Å². The number of aliphatic hydroxyl groups is 1. The van der Waals surface area contributed by atoms with Crippen LogP contribution in [-0.4, -0.2) is 21.2 Å². The Morgan fingerprint density at radius 2 is 2.36 bits per heavy atom. The van der Waals surface area contributed by atoms with Crippen LogP contribution < -0.4 is 0 Å². The van der Waals surface area contributed by atoms with E-state index in [0.29, 0.717) is 6.42 Å². The smallest absolute Gasteiger partial charge is 0.342 e. The zero-order valence-corrected chi connectivity index (χ0v) is 8.78. The molecule has 0 aliphatic heterocycles. The second-order valence-electron chi connectivity index (χ2n) is 3.33. The molecule has 0 fully saturated rings. The second kappa shape index (κ2) is 3.03. The van der Waals surface area contributed by atoms with Crippen LogP contribution in [0.1, 0.15) is 17.7 Å². The number of carboxylic acids is 1. The highest BCUT2D eigenvalue weighted by Gasteiger charge is 2.45. The van der Waals surface area contributed by atoms with E-state index in [9.17, 15) is 9.90 Å². The predicted molar refractivity (Wildman–Crippen MR) is 51.8 cm³/mol. The van der Waals surface area contributed by atoms with Crippen LogP contribution in [0.4, 0.5) is 0 Å². The summed E-state index contributed by atoms with van der Waals surface area (Å²) in [6.45, 7) is 0. The number of carboxylic acid groups (broad SMARTS) is 1. The zero-order valence-electron chi connectivity index (χ0n) is 7.20. The van der Waals surface area contributed by atoms with Crippen LogP contribution in [0.5, 0.6) is 0 Å². The lowest BCUT2D eigenvalue weighted by Gasteiger charge is -2.16. The number of pyridine rings is 1. The van der Waals surface area contributed by atoms with E-state index in [-0.39, 0.29) is 12.1 Å². The van der Waals surface area contributed by atoms with Crippen molar-refractivity contribution in [2.24, 2.45) is 0 Å². The lowest BCUT2D eigenvalue weighted by Crippen LogP contribution is -2.33. The Kier molecular flexibility index (Phi) is 2.08. The number of carbonyl (C=O) groups is 1. The second-order valence-corrected chi connectivity index (χ2v) is 4.24. The van der Waals surface area contributed by atoms with Crippen LogP contribution in [0.25, 0.3) is 0 Å². The molecule has 1 heterocycles. The summed E-state index contributed by atoms with van der Waals surface area (Å²) in [5.74, 6) is -1.23. The van der Waals surface area contributed by atoms with Gasteiger partial charge in [0.2, 0.25) is 5.60 Å². The third-order valence-corrected chi connectivity index (χ3v) is 2.87. The topological polar surface area (TPSA) is 70.4 Å². The van der Waals surface area contributed by atoms with Crippen LogP contribution in [0.15, 0.2) is 16.7 Å². The van der Waals surface area contributed by atoms with Crippen LogP contribution >= 0.6 is 15.9 Å². The van der Waals surface area contributed by atoms with Gasteiger partial charge in [0.25, 0.3) is 0 Å². The Bertz CT molecular complexity index is 407. The molecule has 1 atom stereocenters. The van der Waals surface area contributed by atoms with E-state index in [1.54, 1.807) is 6.07 Å². The van der Waals surface area contributed by atoms with E-state index >= 15 is 0 Å². The van der Waals surface area contributed by atoms with Crippen LogP contribution in [0, 0.1) is 0 Å². The first-order valence-corrected chi connectivity index (χ1v) is 4.94. The van der Waals surface area contributed by atoms with Gasteiger partial charge in [-0.15, -0.1) is 0 Å². The van der Waals surface area contributed by atoms with Crippen LogP contribution in [0.2, 0.25) is 0 Å². The Hall–Kier alpha value is -0.940. The molecule has 74 valence electrons. The van der Waals surface area contributed by atoms with Gasteiger partial charge in [0, 0.05) is 10.7 Å². The highest BCUT2D eigenvalue weighted by Crippen LogP contribution is 2.36. The van der Waals surface area contributed by atoms with E-state index in [1.807, 2.05) is 0 Å². The molecule has 4 nitrogen and oxygen atoms in total. The highest BCUT2D eigenvalue weighted by atomic mass is 79.9. The molecule has 0 aromatic carbocycles. The molecule has 0 radical (unpaired) electrons. The molecule has 1 aliphatic rings. The molecule has 1 aliphatic carbocycles. The maximum absolute atomic E-state index is 10.9. The molecular weight excluding hydrogens is 250 g/mol. The fraction of sp³-hybridized carbons (Fsp3) is 0.333. The summed E-state index contributed by atoms with van der Waals surface area (Å²) in [6.07, 6.45) is 2.24. The van der Waals surface area contributed by atoms with Gasteiger partial charge in [-0.05, 0) is 40.4 Å². The van der Waals surface area contributed by atoms with Crippen molar-refractivity contribution < 1.29 is 15.0 Å². The number of halogens is 1. The third kappa shape index (κ3) is 1.24. The van der Waals surface area contributed by atoms with Crippen molar-refractivity contribution in [3.05, 3.63) is 28.0 Å². The minimum Gasteiger partial charge on any atom is -0.479 e. The number of aliphatic carboxylic acids is 1. The van der Waals surface area contributed by atoms with E-state index in [2.05, 4.69) is 20.9 Å². The maximum Gasteiger partial charge on any atom is 0.342 e. The quantitative estimate of drug-likeness (QED) is 0.790. The van der Waals surface area contributed by atoms with Gasteiger partial charge in [0.1, 0.15) is 0 Å². The lowest BCUT2D eigenvalue weighted by molar-refractivity contribution is -0.159. The van der Waals surface area contributed by atoms with Gasteiger partial charge in [-0.3, -0.25) is 4.98 Å². The molecule has 0 saturated carbocycles. The predicted octanol–water partition coefficient (Wildman–Crippen LogP) is 1.06. The van der Waals surface area contributed by atoms with Gasteiger partial charge in [0.05, 0.1) is 5.69 Å². The van der Waals surface area contributed by atoms with Gasteiger partial charge < -0.3 is 10.2 Å². The number of aryl methyl sites for hydroxylation is 1. The van der Waals surface area contributed by atoms with Crippen molar-refractivity contribution in [3.63, 3.8) is 0 Å². The molecule has 1 aromatic rings. The van der Waals surface area contributed by atoms with Gasteiger partial charge in [-0.25, -0.2) is 4.79 Å². The molecular formula is C9H8BrNO3. The Balaban J connectivity index is 2.55. The first-order chi connectivity index (χ1) is 6.54. The fourth-order valence-corrected chi connectivity index (χ4v) is 2.07.